The number of fused-ring (bicyclic) bond motifs is 1. The van der Waals surface area contributed by atoms with Gasteiger partial charge in [-0.15, -0.1) is 0 Å². The second kappa shape index (κ2) is 8.86. The lowest BCUT2D eigenvalue weighted by Crippen LogP contribution is -2.45. The first kappa shape index (κ1) is 20.4. The standard InChI is InChI=1S/C23H30N6O/c1-16(2)29-22(30)11-10-21(27-29)28-12-6-5-8-19(28)15-25-23-18(14-24)13-17-7-3-4-9-20(17)26-23/h10-11,13,16,19H,3-9,12,15H2,1-2H3,(H,25,26). The van der Waals surface area contributed by atoms with Crippen LogP contribution in [0.2, 0.25) is 0 Å². The van der Waals surface area contributed by atoms with Crippen molar-refractivity contribution in [3.8, 4) is 6.07 Å². The predicted octanol–water partition coefficient (Wildman–Crippen LogP) is 3.44. The topological polar surface area (TPSA) is 86.8 Å². The van der Waals surface area contributed by atoms with Crippen LogP contribution in [0.3, 0.4) is 0 Å². The largest absolute Gasteiger partial charge is 0.367 e. The van der Waals surface area contributed by atoms with Crippen LogP contribution in [0, 0.1) is 11.3 Å². The van der Waals surface area contributed by atoms with Crippen molar-refractivity contribution in [1.29, 1.82) is 5.26 Å². The van der Waals surface area contributed by atoms with Crippen LogP contribution < -0.4 is 15.8 Å². The van der Waals surface area contributed by atoms with E-state index in [1.165, 1.54) is 18.4 Å². The van der Waals surface area contributed by atoms with E-state index >= 15 is 0 Å². The Morgan fingerprint density at radius 3 is 2.87 bits per heavy atom. The number of rotatable bonds is 5. The summed E-state index contributed by atoms with van der Waals surface area (Å²) in [5.74, 6) is 1.54. The summed E-state index contributed by atoms with van der Waals surface area (Å²) in [6.45, 7) is 5.55. The number of aromatic nitrogens is 3. The molecule has 1 aliphatic carbocycles. The average Bonchev–Trinajstić information content (AvgIpc) is 2.77. The molecule has 2 aliphatic rings. The third-order valence-corrected chi connectivity index (χ3v) is 6.15. The van der Waals surface area contributed by atoms with Crippen LogP contribution in [0.5, 0.6) is 0 Å². The maximum atomic E-state index is 12.1. The van der Waals surface area contributed by atoms with Gasteiger partial charge in [-0.25, -0.2) is 9.67 Å². The van der Waals surface area contributed by atoms with Crippen LogP contribution in [0.25, 0.3) is 0 Å². The molecule has 30 heavy (non-hydrogen) atoms. The van der Waals surface area contributed by atoms with Crippen LogP contribution in [-0.4, -0.2) is 33.9 Å². The predicted molar refractivity (Wildman–Crippen MR) is 118 cm³/mol. The van der Waals surface area contributed by atoms with Crippen molar-refractivity contribution in [1.82, 2.24) is 14.8 Å². The summed E-state index contributed by atoms with van der Waals surface area (Å²) in [4.78, 5) is 19.2. The minimum atomic E-state index is -0.0719. The number of pyridine rings is 1. The molecule has 0 saturated carbocycles. The number of anilines is 2. The van der Waals surface area contributed by atoms with Crippen LogP contribution in [0.4, 0.5) is 11.6 Å². The molecule has 1 unspecified atom stereocenters. The number of piperidine rings is 1. The van der Waals surface area contributed by atoms with Gasteiger partial charge < -0.3 is 10.2 Å². The lowest BCUT2D eigenvalue weighted by Gasteiger charge is -2.37. The smallest absolute Gasteiger partial charge is 0.267 e. The molecular weight excluding hydrogens is 376 g/mol. The molecule has 1 saturated heterocycles. The summed E-state index contributed by atoms with van der Waals surface area (Å²) in [5, 5.41) is 17.7. The lowest BCUT2D eigenvalue weighted by molar-refractivity contribution is 0.451. The molecule has 2 aromatic rings. The third kappa shape index (κ3) is 4.18. The van der Waals surface area contributed by atoms with Gasteiger partial charge in [0.1, 0.15) is 17.7 Å². The highest BCUT2D eigenvalue weighted by atomic mass is 16.1. The van der Waals surface area contributed by atoms with Gasteiger partial charge in [0, 0.05) is 30.9 Å². The van der Waals surface area contributed by atoms with Crippen molar-refractivity contribution in [3.05, 3.63) is 45.4 Å². The number of hydrogen-bond donors (Lipinski definition) is 1. The Labute approximate surface area is 177 Å². The summed E-state index contributed by atoms with van der Waals surface area (Å²) in [5.41, 5.74) is 2.92. The fourth-order valence-corrected chi connectivity index (χ4v) is 4.52. The Bertz CT molecular complexity index is 1010. The van der Waals surface area contributed by atoms with Gasteiger partial charge in [-0.1, -0.05) is 0 Å². The zero-order valence-electron chi connectivity index (χ0n) is 17.9. The highest BCUT2D eigenvalue weighted by Crippen LogP contribution is 2.26. The van der Waals surface area contributed by atoms with Gasteiger partial charge in [0.15, 0.2) is 0 Å². The van der Waals surface area contributed by atoms with Crippen molar-refractivity contribution in [3.63, 3.8) is 0 Å². The summed E-state index contributed by atoms with van der Waals surface area (Å²) in [6, 6.07) is 8.04. The molecule has 7 nitrogen and oxygen atoms in total. The SMILES string of the molecule is CC(C)n1nc(N2CCCCC2CNc2nc3c(cc2C#N)CCCC3)ccc1=O. The monoisotopic (exact) mass is 406 g/mol. The quantitative estimate of drug-likeness (QED) is 0.818. The second-order valence-electron chi connectivity index (χ2n) is 8.60. The first-order valence-corrected chi connectivity index (χ1v) is 11.1. The average molecular weight is 407 g/mol. The molecule has 4 rings (SSSR count). The Morgan fingerprint density at radius 1 is 1.23 bits per heavy atom. The Balaban J connectivity index is 1.54. The van der Waals surface area contributed by atoms with Gasteiger partial charge in [0.25, 0.3) is 5.56 Å². The van der Waals surface area contributed by atoms with Crippen molar-refractivity contribution < 1.29 is 0 Å². The van der Waals surface area contributed by atoms with E-state index in [1.54, 1.807) is 10.7 Å². The summed E-state index contributed by atoms with van der Waals surface area (Å²) in [6.07, 6.45) is 7.67. The first-order valence-electron chi connectivity index (χ1n) is 11.1. The van der Waals surface area contributed by atoms with Gasteiger partial charge in [-0.3, -0.25) is 4.79 Å². The number of nitriles is 1. The van der Waals surface area contributed by atoms with Crippen molar-refractivity contribution in [2.24, 2.45) is 0 Å². The van der Waals surface area contributed by atoms with Crippen LogP contribution in [0.15, 0.2) is 23.0 Å². The maximum Gasteiger partial charge on any atom is 0.267 e. The van der Waals surface area contributed by atoms with Gasteiger partial charge in [-0.2, -0.15) is 10.4 Å². The van der Waals surface area contributed by atoms with Crippen LogP contribution in [-0.2, 0) is 12.8 Å². The zero-order chi connectivity index (χ0) is 21.1. The van der Waals surface area contributed by atoms with E-state index in [9.17, 15) is 10.1 Å². The molecule has 1 atom stereocenters. The number of nitrogens with one attached hydrogen (secondary N) is 1. The number of aryl methyl sites for hydroxylation is 2. The molecule has 3 heterocycles. The van der Waals surface area contributed by atoms with E-state index in [0.29, 0.717) is 17.9 Å². The molecule has 158 valence electrons. The van der Waals surface area contributed by atoms with Gasteiger partial charge >= 0.3 is 0 Å². The molecule has 1 aliphatic heterocycles. The summed E-state index contributed by atoms with van der Waals surface area (Å²) in [7, 11) is 0. The first-order chi connectivity index (χ1) is 14.6. The van der Waals surface area contributed by atoms with Crippen LogP contribution >= 0.6 is 0 Å². The highest BCUT2D eigenvalue weighted by molar-refractivity contribution is 5.55. The second-order valence-corrected chi connectivity index (χ2v) is 8.60. The van der Waals surface area contributed by atoms with E-state index in [0.717, 1.165) is 50.2 Å². The number of nitrogens with zero attached hydrogens (tertiary/aromatic N) is 5. The molecule has 7 heteroatoms. The molecule has 1 N–H and O–H groups in total. The minimum Gasteiger partial charge on any atom is -0.367 e. The molecular formula is C23H30N6O. The Hall–Kier alpha value is -2.88. The molecule has 0 aromatic carbocycles. The highest BCUT2D eigenvalue weighted by Gasteiger charge is 2.25. The fourth-order valence-electron chi connectivity index (χ4n) is 4.52. The van der Waals surface area contributed by atoms with E-state index < -0.39 is 0 Å². The van der Waals surface area contributed by atoms with E-state index in [1.807, 2.05) is 26.0 Å². The van der Waals surface area contributed by atoms with Crippen LogP contribution in [0.1, 0.15) is 68.8 Å². The van der Waals surface area contributed by atoms with Crippen molar-refractivity contribution in [2.45, 2.75) is 70.9 Å². The van der Waals surface area contributed by atoms with E-state index in [4.69, 9.17) is 4.98 Å². The normalized spacial score (nSPS) is 18.7. The Kier molecular flexibility index (Phi) is 6.03. The lowest BCUT2D eigenvalue weighted by atomic mass is 9.95. The van der Waals surface area contributed by atoms with Gasteiger partial charge in [0.2, 0.25) is 0 Å². The Morgan fingerprint density at radius 2 is 2.07 bits per heavy atom. The maximum absolute atomic E-state index is 12.1. The van der Waals surface area contributed by atoms with Gasteiger partial charge in [0.05, 0.1) is 11.6 Å². The molecule has 0 radical (unpaired) electrons. The molecule has 1 fully saturated rings. The minimum absolute atomic E-state index is 0.0247. The van der Waals surface area contributed by atoms with Crippen molar-refractivity contribution in [2.75, 3.05) is 23.3 Å². The molecule has 0 spiro atoms. The van der Waals surface area contributed by atoms with E-state index in [-0.39, 0.29) is 17.6 Å². The third-order valence-electron chi connectivity index (χ3n) is 6.15. The van der Waals surface area contributed by atoms with Crippen molar-refractivity contribution >= 4 is 11.6 Å². The molecule has 2 aromatic heterocycles. The summed E-state index contributed by atoms with van der Waals surface area (Å²) >= 11 is 0. The number of hydrogen-bond acceptors (Lipinski definition) is 6. The van der Waals surface area contributed by atoms with Gasteiger partial charge in [-0.05, 0) is 76.5 Å². The zero-order valence-corrected chi connectivity index (χ0v) is 17.9. The molecule has 0 bridgehead atoms. The summed E-state index contributed by atoms with van der Waals surface area (Å²) < 4.78 is 1.55. The fraction of sp³-hybridized carbons (Fsp3) is 0.565. The van der Waals surface area contributed by atoms with E-state index in [2.05, 4.69) is 21.4 Å². The molecule has 0 amide bonds.